The smallest absolute Gasteiger partial charge is 0.261 e. The first kappa shape index (κ1) is 26.5. The third-order valence-corrected chi connectivity index (χ3v) is 9.98. The number of nitrogens with zero attached hydrogens (tertiary/aromatic N) is 2. The zero-order valence-corrected chi connectivity index (χ0v) is 25.2. The van der Waals surface area contributed by atoms with Gasteiger partial charge in [-0.15, -0.1) is 0 Å². The van der Waals surface area contributed by atoms with Crippen molar-refractivity contribution >= 4 is 66.7 Å². The van der Waals surface area contributed by atoms with Crippen molar-refractivity contribution in [3.63, 3.8) is 0 Å². The summed E-state index contributed by atoms with van der Waals surface area (Å²) in [5.74, 6) is -1.26. The highest BCUT2D eigenvalue weighted by atomic mass is 16.2. The van der Waals surface area contributed by atoms with Crippen molar-refractivity contribution in [3.05, 3.63) is 142 Å². The zero-order valence-electron chi connectivity index (χ0n) is 25.2. The van der Waals surface area contributed by atoms with E-state index in [0.717, 1.165) is 54.6 Å². The van der Waals surface area contributed by atoms with Gasteiger partial charge in [0.15, 0.2) is 0 Å². The molecule has 6 heteroatoms. The molecule has 6 nitrogen and oxygen atoms in total. The quantitative estimate of drug-likeness (QED) is 0.117. The second-order valence-electron chi connectivity index (χ2n) is 12.4. The van der Waals surface area contributed by atoms with E-state index in [1.54, 1.807) is 0 Å². The summed E-state index contributed by atoms with van der Waals surface area (Å²) in [4.78, 5) is 58.3. The molecule has 0 saturated heterocycles. The molecule has 2 aliphatic heterocycles. The van der Waals surface area contributed by atoms with E-state index in [2.05, 4.69) is 0 Å². The Morgan fingerprint density at radius 1 is 0.391 bits per heavy atom. The van der Waals surface area contributed by atoms with Crippen molar-refractivity contribution in [2.75, 3.05) is 0 Å². The fraction of sp³-hybridized carbons (Fsp3) is 0.100. The molecule has 0 saturated carbocycles. The van der Waals surface area contributed by atoms with E-state index in [-0.39, 0.29) is 36.7 Å². The van der Waals surface area contributed by atoms with Crippen LogP contribution in [0.2, 0.25) is 0 Å². The first-order valence-corrected chi connectivity index (χ1v) is 15.3. The Bertz CT molecular complexity index is 2250. The van der Waals surface area contributed by atoms with E-state index in [1.165, 1.54) is 9.80 Å². The van der Waals surface area contributed by atoms with Gasteiger partial charge in [0.2, 0.25) is 0 Å². The van der Waals surface area contributed by atoms with Gasteiger partial charge in [0.25, 0.3) is 23.6 Å². The average Bonchev–Trinajstić information content (AvgIpc) is 3.07. The van der Waals surface area contributed by atoms with Gasteiger partial charge in [-0.25, -0.2) is 0 Å². The van der Waals surface area contributed by atoms with Gasteiger partial charge in [0, 0.05) is 33.0 Å². The first-order valence-electron chi connectivity index (χ1n) is 15.3. The number of carbonyl (C=O) groups excluding carboxylic acids is 4. The maximum absolute atomic E-state index is 13.9. The minimum absolute atomic E-state index is 0.200. The maximum Gasteiger partial charge on any atom is 0.261 e. The molecule has 0 unspecified atom stereocenters. The average molecular weight is 599 g/mol. The van der Waals surface area contributed by atoms with Crippen LogP contribution in [0.15, 0.2) is 97.1 Å². The van der Waals surface area contributed by atoms with Gasteiger partial charge in [-0.2, -0.15) is 0 Å². The molecule has 220 valence electrons. The predicted molar refractivity (Wildman–Crippen MR) is 178 cm³/mol. The fourth-order valence-corrected chi connectivity index (χ4v) is 7.57. The molecule has 7 aromatic rings. The molecule has 0 aliphatic carbocycles. The molecule has 0 radical (unpaired) electrons. The van der Waals surface area contributed by atoms with Crippen LogP contribution in [0.25, 0.3) is 43.1 Å². The van der Waals surface area contributed by atoms with E-state index < -0.39 is 0 Å². The summed E-state index contributed by atoms with van der Waals surface area (Å²) < 4.78 is 0. The van der Waals surface area contributed by atoms with Crippen LogP contribution in [0.5, 0.6) is 0 Å². The lowest BCUT2D eigenvalue weighted by molar-refractivity contribution is 0.0583. The summed E-state index contributed by atoms with van der Waals surface area (Å²) in [5, 5.41) is 6.51. The van der Waals surface area contributed by atoms with Crippen LogP contribution >= 0.6 is 0 Å². The number of benzene rings is 7. The number of hydrogen-bond donors (Lipinski definition) is 0. The number of hydrogen-bond acceptors (Lipinski definition) is 4. The predicted octanol–water partition coefficient (Wildman–Crippen LogP) is 7.95. The number of amides is 4. The zero-order chi connectivity index (χ0) is 31.4. The highest BCUT2D eigenvalue weighted by molar-refractivity contribution is 6.41. The molecule has 0 bridgehead atoms. The third-order valence-electron chi connectivity index (χ3n) is 9.98. The summed E-state index contributed by atoms with van der Waals surface area (Å²) in [5.41, 5.74) is 5.87. The summed E-state index contributed by atoms with van der Waals surface area (Å²) >= 11 is 0. The molecule has 2 heterocycles. The van der Waals surface area contributed by atoms with Crippen molar-refractivity contribution in [1.29, 1.82) is 0 Å². The number of aryl methyl sites for hydroxylation is 2. The van der Waals surface area contributed by atoms with E-state index in [4.69, 9.17) is 0 Å². The van der Waals surface area contributed by atoms with Gasteiger partial charge in [0.1, 0.15) is 0 Å². The lowest BCUT2D eigenvalue weighted by atomic mass is 9.82. The number of imide groups is 2. The van der Waals surface area contributed by atoms with Crippen LogP contribution in [0.4, 0.5) is 0 Å². The molecular weight excluding hydrogens is 572 g/mol. The lowest BCUT2D eigenvalue weighted by Crippen LogP contribution is -2.40. The minimum Gasteiger partial charge on any atom is -0.270 e. The maximum atomic E-state index is 13.9. The van der Waals surface area contributed by atoms with Crippen LogP contribution < -0.4 is 0 Å². The molecule has 46 heavy (non-hydrogen) atoms. The van der Waals surface area contributed by atoms with Crippen molar-refractivity contribution in [2.24, 2.45) is 0 Å². The van der Waals surface area contributed by atoms with E-state index in [9.17, 15) is 19.2 Å². The van der Waals surface area contributed by atoms with Gasteiger partial charge in [0.05, 0.1) is 13.1 Å². The van der Waals surface area contributed by atoms with Crippen molar-refractivity contribution < 1.29 is 19.2 Å². The molecule has 4 amide bonds. The monoisotopic (exact) mass is 598 g/mol. The number of rotatable bonds is 4. The van der Waals surface area contributed by atoms with Crippen LogP contribution in [-0.2, 0) is 13.1 Å². The standard InChI is InChI=1S/C40H26N2O4/c1-21-7-3-5-9-23(21)19-41-37(43)29-15-11-25-27-13-17-31-36-32(40(46)42(39(31)45)20-24-10-6-4-8-22(24)2)18-14-28(34(27)36)26-12-16-30(38(41)44)35(29)33(25)26/h3-18H,19-20H2,1-2H3. The van der Waals surface area contributed by atoms with Crippen LogP contribution in [0, 0.1) is 13.8 Å². The van der Waals surface area contributed by atoms with Crippen LogP contribution in [0.3, 0.4) is 0 Å². The number of carbonyl (C=O) groups is 4. The Balaban J connectivity index is 1.24. The molecule has 2 aliphatic rings. The molecule has 0 fully saturated rings. The van der Waals surface area contributed by atoms with E-state index in [0.29, 0.717) is 33.0 Å². The lowest BCUT2D eigenvalue weighted by Gasteiger charge is -2.30. The summed E-state index contributed by atoms with van der Waals surface area (Å²) in [6, 6.07) is 30.5. The molecule has 0 aromatic heterocycles. The topological polar surface area (TPSA) is 74.8 Å². The first-order chi connectivity index (χ1) is 22.3. The minimum atomic E-state index is -0.314. The summed E-state index contributed by atoms with van der Waals surface area (Å²) in [6.45, 7) is 4.35. The second-order valence-corrected chi connectivity index (χ2v) is 12.4. The van der Waals surface area contributed by atoms with Crippen LogP contribution in [-0.4, -0.2) is 33.4 Å². The van der Waals surface area contributed by atoms with Crippen molar-refractivity contribution in [3.8, 4) is 0 Å². The Kier molecular flexibility index (Phi) is 5.37. The Morgan fingerprint density at radius 3 is 1.00 bits per heavy atom. The second kappa shape index (κ2) is 9.31. The molecule has 9 rings (SSSR count). The molecule has 7 aromatic carbocycles. The summed E-state index contributed by atoms with van der Waals surface area (Å²) in [6.07, 6.45) is 0. The highest BCUT2D eigenvalue weighted by Gasteiger charge is 2.37. The largest absolute Gasteiger partial charge is 0.270 e. The fourth-order valence-electron chi connectivity index (χ4n) is 7.57. The van der Waals surface area contributed by atoms with Gasteiger partial charge < -0.3 is 0 Å². The van der Waals surface area contributed by atoms with E-state index >= 15 is 0 Å². The Labute approximate surface area is 263 Å². The third kappa shape index (κ3) is 3.41. The normalized spacial score (nSPS) is 14.6. The molecular formula is C40H26N2O4. The van der Waals surface area contributed by atoms with Crippen molar-refractivity contribution in [1.82, 2.24) is 9.80 Å². The van der Waals surface area contributed by atoms with Crippen molar-refractivity contribution in [2.45, 2.75) is 26.9 Å². The van der Waals surface area contributed by atoms with Gasteiger partial charge in [-0.3, -0.25) is 29.0 Å². The highest BCUT2D eigenvalue weighted by Crippen LogP contribution is 2.46. The van der Waals surface area contributed by atoms with Gasteiger partial charge in [-0.1, -0.05) is 72.8 Å². The van der Waals surface area contributed by atoms with Gasteiger partial charge in [-0.05, 0) is 92.7 Å². The Hall–Kier alpha value is -5.88. The molecule has 0 N–H and O–H groups in total. The molecule has 0 atom stereocenters. The summed E-state index contributed by atoms with van der Waals surface area (Å²) in [7, 11) is 0. The van der Waals surface area contributed by atoms with Crippen LogP contribution in [0.1, 0.15) is 63.7 Å². The SMILES string of the molecule is Cc1ccccc1CN1C(=O)c2ccc3c4ccc5c6c(ccc(c7ccc(c2c37)C1=O)c64)C(=O)N(Cc1ccccc1C)C5=O. The molecule has 0 spiro atoms. The van der Waals surface area contributed by atoms with E-state index in [1.807, 2.05) is 111 Å². The number of fused-ring (bicyclic) bond motifs is 2. The van der Waals surface area contributed by atoms with Gasteiger partial charge >= 0.3 is 0 Å². The Morgan fingerprint density at radius 2 is 0.696 bits per heavy atom.